The number of hydrogen-bond donors (Lipinski definition) is 1. The van der Waals surface area contributed by atoms with E-state index in [1.807, 2.05) is 28.9 Å². The smallest absolute Gasteiger partial charge is 0.306 e. The van der Waals surface area contributed by atoms with Gasteiger partial charge in [0.25, 0.3) is 0 Å². The summed E-state index contributed by atoms with van der Waals surface area (Å²) in [6, 6.07) is 22.3. The van der Waals surface area contributed by atoms with Crippen LogP contribution in [-0.4, -0.2) is 26.6 Å². The zero-order valence-electron chi connectivity index (χ0n) is 20.7. The Morgan fingerprint density at radius 2 is 1.68 bits per heavy atom. The summed E-state index contributed by atoms with van der Waals surface area (Å²) in [5.41, 5.74) is 5.01. The third kappa shape index (κ3) is 4.25. The first-order valence-corrected chi connectivity index (χ1v) is 13.3. The Bertz CT molecular complexity index is 1480. The number of ketones is 1. The zero-order valence-corrected chi connectivity index (χ0v) is 21.5. The minimum absolute atomic E-state index is 0.0813. The summed E-state index contributed by atoms with van der Waals surface area (Å²) in [5.74, 6) is -0.479. The van der Waals surface area contributed by atoms with Gasteiger partial charge in [-0.3, -0.25) is 14.3 Å². The van der Waals surface area contributed by atoms with Gasteiger partial charge < -0.3 is 5.11 Å². The highest BCUT2D eigenvalue weighted by molar-refractivity contribution is 6.36. The average molecular weight is 513 g/mol. The number of carboxylic acid groups (broad SMARTS) is 1. The fourth-order valence-corrected chi connectivity index (χ4v) is 6.75. The molecule has 6 rings (SSSR count). The van der Waals surface area contributed by atoms with Gasteiger partial charge in [0.05, 0.1) is 28.7 Å². The highest BCUT2D eigenvalue weighted by atomic mass is 35.5. The molecule has 3 aromatic carbocycles. The maximum atomic E-state index is 13.5. The van der Waals surface area contributed by atoms with Crippen molar-refractivity contribution in [1.82, 2.24) is 9.78 Å². The summed E-state index contributed by atoms with van der Waals surface area (Å²) in [6.07, 6.45) is 5.63. The second-order valence-corrected chi connectivity index (χ2v) is 11.4. The lowest BCUT2D eigenvalue weighted by molar-refractivity contribution is -0.157. The predicted molar refractivity (Wildman–Crippen MR) is 145 cm³/mol. The molecular weight excluding hydrogens is 484 g/mol. The number of nitrogens with zero attached hydrogens (tertiary/aromatic N) is 2. The SMILES string of the molecule is CC(c1ccc(-c2ccccc2)cc1)n1ncc2c(Cl)ccc(C(=O)CC3CC4(C3)CC(C(=O)O)C4)c21. The Morgan fingerprint density at radius 3 is 2.35 bits per heavy atom. The number of fused-ring (bicyclic) bond motifs is 1. The molecule has 4 aromatic rings. The van der Waals surface area contributed by atoms with Crippen molar-refractivity contribution in [3.8, 4) is 11.1 Å². The molecule has 2 fully saturated rings. The molecule has 0 radical (unpaired) electrons. The van der Waals surface area contributed by atoms with Crippen LogP contribution < -0.4 is 0 Å². The molecule has 2 aliphatic carbocycles. The van der Waals surface area contributed by atoms with E-state index in [-0.39, 0.29) is 23.2 Å². The quantitative estimate of drug-likeness (QED) is 0.261. The number of carboxylic acids is 1. The highest BCUT2D eigenvalue weighted by Gasteiger charge is 2.54. The molecule has 0 bridgehead atoms. The van der Waals surface area contributed by atoms with Crippen molar-refractivity contribution >= 4 is 34.3 Å². The molecule has 0 amide bonds. The molecule has 6 heteroatoms. The predicted octanol–water partition coefficient (Wildman–Crippen LogP) is 7.43. The largest absolute Gasteiger partial charge is 0.481 e. The first-order chi connectivity index (χ1) is 17.8. The minimum atomic E-state index is -0.689. The van der Waals surface area contributed by atoms with Gasteiger partial charge in [-0.1, -0.05) is 66.2 Å². The van der Waals surface area contributed by atoms with Crippen LogP contribution in [0.2, 0.25) is 5.02 Å². The van der Waals surface area contributed by atoms with Crippen molar-refractivity contribution < 1.29 is 14.7 Å². The van der Waals surface area contributed by atoms with Gasteiger partial charge in [0.15, 0.2) is 5.78 Å². The molecular formula is C31H29ClN2O3. The van der Waals surface area contributed by atoms with Gasteiger partial charge in [0, 0.05) is 17.4 Å². The number of aliphatic carboxylic acids is 1. The van der Waals surface area contributed by atoms with Crippen LogP contribution in [0.25, 0.3) is 22.0 Å². The first kappa shape index (κ1) is 23.9. The Kier molecular flexibility index (Phi) is 5.91. The number of Topliss-reactive ketones (excluding diaryl/α,β-unsaturated/α-hetero) is 1. The standard InChI is InChI=1S/C31H29ClN2O3/c1-19(21-7-9-23(10-8-21)22-5-3-2-4-6-22)34-29-25(11-12-27(32)26(29)18-33-34)28(35)13-20-14-31(15-20)16-24(17-31)30(36)37/h2-12,18-20,24H,13-17H2,1H3,(H,36,37). The minimum Gasteiger partial charge on any atom is -0.481 e. The van der Waals surface area contributed by atoms with Crippen molar-refractivity contribution in [1.29, 1.82) is 0 Å². The summed E-state index contributed by atoms with van der Waals surface area (Å²) in [5, 5.41) is 15.2. The maximum Gasteiger partial charge on any atom is 0.306 e. The van der Waals surface area contributed by atoms with Crippen LogP contribution in [0.15, 0.2) is 72.9 Å². The van der Waals surface area contributed by atoms with E-state index in [0.717, 1.165) is 47.7 Å². The molecule has 2 aliphatic rings. The second kappa shape index (κ2) is 9.14. The van der Waals surface area contributed by atoms with E-state index in [0.29, 0.717) is 22.9 Å². The van der Waals surface area contributed by atoms with Gasteiger partial charge in [-0.25, -0.2) is 0 Å². The molecule has 1 aromatic heterocycles. The fourth-order valence-electron chi connectivity index (χ4n) is 6.55. The van der Waals surface area contributed by atoms with Crippen LogP contribution >= 0.6 is 11.6 Å². The van der Waals surface area contributed by atoms with Crippen molar-refractivity contribution in [3.05, 3.63) is 89.1 Å². The molecule has 0 aliphatic heterocycles. The van der Waals surface area contributed by atoms with Gasteiger partial charge in [0.1, 0.15) is 0 Å². The number of aromatic nitrogens is 2. The summed E-state index contributed by atoms with van der Waals surface area (Å²) >= 11 is 6.52. The van der Waals surface area contributed by atoms with Crippen molar-refractivity contribution in [2.75, 3.05) is 0 Å². The maximum absolute atomic E-state index is 13.5. The molecule has 0 saturated heterocycles. The molecule has 1 heterocycles. The molecule has 188 valence electrons. The van der Waals surface area contributed by atoms with Crippen LogP contribution in [0.4, 0.5) is 0 Å². The number of carbonyl (C=O) groups excluding carboxylic acids is 1. The van der Waals surface area contributed by atoms with Crippen molar-refractivity contribution in [2.45, 2.75) is 45.1 Å². The summed E-state index contributed by atoms with van der Waals surface area (Å²) in [4.78, 5) is 24.7. The fraction of sp³-hybridized carbons (Fsp3) is 0.323. The van der Waals surface area contributed by atoms with Crippen LogP contribution in [-0.2, 0) is 4.79 Å². The normalized spacial score (nSPS) is 23.4. The number of carbonyl (C=O) groups is 2. The van der Waals surface area contributed by atoms with Gasteiger partial charge in [-0.2, -0.15) is 5.10 Å². The average Bonchev–Trinajstić information content (AvgIpc) is 3.31. The molecule has 37 heavy (non-hydrogen) atoms. The van der Waals surface area contributed by atoms with Gasteiger partial charge in [-0.15, -0.1) is 0 Å². The Hall–Kier alpha value is -3.44. The van der Waals surface area contributed by atoms with E-state index in [4.69, 9.17) is 11.6 Å². The monoisotopic (exact) mass is 512 g/mol. The van der Waals surface area contributed by atoms with Gasteiger partial charge in [-0.05, 0) is 72.8 Å². The van der Waals surface area contributed by atoms with E-state index < -0.39 is 5.97 Å². The highest BCUT2D eigenvalue weighted by Crippen LogP contribution is 2.62. The van der Waals surface area contributed by atoms with Crippen molar-refractivity contribution in [2.24, 2.45) is 17.3 Å². The third-order valence-corrected chi connectivity index (χ3v) is 8.83. The number of benzene rings is 3. The first-order valence-electron chi connectivity index (χ1n) is 12.9. The lowest BCUT2D eigenvalue weighted by Crippen LogP contribution is -2.50. The van der Waals surface area contributed by atoms with Crippen LogP contribution in [0.5, 0.6) is 0 Å². The zero-order chi connectivity index (χ0) is 25.7. The second-order valence-electron chi connectivity index (χ2n) is 11.0. The van der Waals surface area contributed by atoms with E-state index in [1.165, 1.54) is 5.56 Å². The Labute approximate surface area is 221 Å². The lowest BCUT2D eigenvalue weighted by Gasteiger charge is -2.56. The van der Waals surface area contributed by atoms with Crippen LogP contribution in [0, 0.1) is 17.3 Å². The molecule has 5 nitrogen and oxygen atoms in total. The third-order valence-electron chi connectivity index (χ3n) is 8.50. The van der Waals surface area contributed by atoms with Crippen molar-refractivity contribution in [3.63, 3.8) is 0 Å². The molecule has 2 saturated carbocycles. The van der Waals surface area contributed by atoms with Crippen LogP contribution in [0.1, 0.15) is 61.0 Å². The molecule has 1 unspecified atom stereocenters. The van der Waals surface area contributed by atoms with E-state index in [2.05, 4.69) is 48.4 Å². The number of rotatable bonds is 7. The number of halogens is 1. The molecule has 1 atom stereocenters. The van der Waals surface area contributed by atoms with E-state index >= 15 is 0 Å². The topological polar surface area (TPSA) is 72.2 Å². The van der Waals surface area contributed by atoms with Gasteiger partial charge >= 0.3 is 5.97 Å². The van der Waals surface area contributed by atoms with E-state index in [1.54, 1.807) is 12.3 Å². The van der Waals surface area contributed by atoms with E-state index in [9.17, 15) is 14.7 Å². The van der Waals surface area contributed by atoms with Gasteiger partial charge in [0.2, 0.25) is 0 Å². The Balaban J connectivity index is 1.23. The van der Waals surface area contributed by atoms with Crippen LogP contribution in [0.3, 0.4) is 0 Å². The summed E-state index contributed by atoms with van der Waals surface area (Å²) in [6.45, 7) is 2.09. The lowest BCUT2D eigenvalue weighted by atomic mass is 9.47. The molecule has 1 N–H and O–H groups in total. The number of hydrogen-bond acceptors (Lipinski definition) is 3. The molecule has 1 spiro atoms. The summed E-state index contributed by atoms with van der Waals surface area (Å²) in [7, 11) is 0. The summed E-state index contributed by atoms with van der Waals surface area (Å²) < 4.78 is 1.91. The Morgan fingerprint density at radius 1 is 1.00 bits per heavy atom.